The van der Waals surface area contributed by atoms with Crippen LogP contribution < -0.4 is 0 Å². The van der Waals surface area contributed by atoms with Crippen LogP contribution in [0.5, 0.6) is 0 Å². The van der Waals surface area contributed by atoms with E-state index in [0.29, 0.717) is 0 Å². The van der Waals surface area contributed by atoms with Gasteiger partial charge in [-0.1, -0.05) is 0 Å². The topological polar surface area (TPSA) is 64.3 Å². The normalized spacial score (nSPS) is 10.1. The van der Waals surface area contributed by atoms with Crippen molar-refractivity contribution in [2.24, 2.45) is 0 Å². The van der Waals surface area contributed by atoms with Gasteiger partial charge >= 0.3 is 8.26 Å². The van der Waals surface area contributed by atoms with Gasteiger partial charge in [0.15, 0.2) is 5.76 Å². The Bertz CT molecular complexity index is 347. The van der Waals surface area contributed by atoms with Crippen LogP contribution in [0.3, 0.4) is 0 Å². The Morgan fingerprint density at radius 3 is 2.00 bits per heavy atom. The maximum absolute atomic E-state index is 10.2. The average molecular weight is 266 g/mol. The van der Waals surface area contributed by atoms with E-state index in [0.717, 1.165) is 0 Å². The van der Waals surface area contributed by atoms with Gasteiger partial charge in [0.1, 0.15) is 0 Å². The molecule has 0 unspecified atom stereocenters. The van der Waals surface area contributed by atoms with E-state index in [1.165, 1.54) is 12.3 Å². The molecule has 0 radical (unpaired) electrons. The van der Waals surface area contributed by atoms with E-state index in [9.17, 15) is 4.79 Å². The minimum absolute atomic E-state index is 0.187. The van der Waals surface area contributed by atoms with Gasteiger partial charge < -0.3 is 4.42 Å². The average Bonchev–Trinajstić information content (AvgIpc) is 2.31. The molecule has 1 heterocycles. The third-order valence-corrected chi connectivity index (χ3v) is 0.901. The highest BCUT2D eigenvalue weighted by molar-refractivity contribution is 8.31. The molecular weight excluding hydrogens is 262 g/mol. The molecule has 13 heavy (non-hydrogen) atoms. The Balaban J connectivity index is 0.000000252. The summed E-state index contributed by atoms with van der Waals surface area (Å²) in [5.74, 6) is 0.187. The van der Waals surface area contributed by atoms with E-state index in [1.54, 1.807) is 6.07 Å². The van der Waals surface area contributed by atoms with Crippen LogP contribution in [0.4, 0.5) is 0 Å². The highest BCUT2D eigenvalue weighted by atomic mass is 36.0. The summed E-state index contributed by atoms with van der Waals surface area (Å²) in [5, 5.41) is -0.560. The highest BCUT2D eigenvalue weighted by Gasteiger charge is 2.00. The second-order valence-electron chi connectivity index (χ2n) is 1.63. The number of rotatable bonds is 1. The van der Waals surface area contributed by atoms with Crippen molar-refractivity contribution in [1.82, 2.24) is 0 Å². The second kappa shape index (κ2) is 5.49. The van der Waals surface area contributed by atoms with E-state index in [1.807, 2.05) is 0 Å². The molecule has 0 aliphatic heterocycles. The third-order valence-electron chi connectivity index (χ3n) is 0.715. The smallest absolute Gasteiger partial charge is 0.317 e. The number of carbonyl (C=O) groups is 1. The first-order chi connectivity index (χ1) is 5.80. The molecule has 8 heteroatoms. The largest absolute Gasteiger partial charge is 0.460 e. The van der Waals surface area contributed by atoms with Crippen molar-refractivity contribution in [3.8, 4) is 0 Å². The van der Waals surface area contributed by atoms with Gasteiger partial charge in [0.2, 0.25) is 0 Å². The summed E-state index contributed by atoms with van der Waals surface area (Å²) >= 11 is 5.01. The summed E-state index contributed by atoms with van der Waals surface area (Å²) in [6.07, 6.45) is 1.40. The van der Waals surface area contributed by atoms with Gasteiger partial charge in [0, 0.05) is 21.4 Å². The fourth-order valence-corrected chi connectivity index (χ4v) is 0.498. The van der Waals surface area contributed by atoms with Crippen molar-refractivity contribution in [2.45, 2.75) is 0 Å². The van der Waals surface area contributed by atoms with Gasteiger partial charge in [-0.2, -0.15) is 8.42 Å². The first-order valence-electron chi connectivity index (χ1n) is 2.68. The molecule has 1 aromatic heterocycles. The molecule has 0 saturated carbocycles. The fourth-order valence-electron chi connectivity index (χ4n) is 0.390. The molecule has 0 saturated heterocycles. The summed E-state index contributed by atoms with van der Waals surface area (Å²) in [4.78, 5) is 10.2. The van der Waals surface area contributed by atoms with Crippen LogP contribution in [0.1, 0.15) is 10.6 Å². The first-order valence-corrected chi connectivity index (χ1v) is 6.19. The molecule has 1 rings (SSSR count). The number of carbonyl (C=O) groups excluding carboxylic acids is 1. The standard InChI is InChI=1S/C5H3ClO2.Cl2O2S/c6-5(7)4-2-1-3-8-4;1-5(2,3)4/h1-3H;. The summed E-state index contributed by atoms with van der Waals surface area (Å²) in [6, 6.07) is 3.12. The Morgan fingerprint density at radius 1 is 1.38 bits per heavy atom. The minimum atomic E-state index is -3.72. The van der Waals surface area contributed by atoms with Crippen molar-refractivity contribution in [3.63, 3.8) is 0 Å². The van der Waals surface area contributed by atoms with Crippen molar-refractivity contribution in [2.75, 3.05) is 0 Å². The lowest BCUT2D eigenvalue weighted by Gasteiger charge is -1.77. The Kier molecular flexibility index (Phi) is 5.39. The zero-order chi connectivity index (χ0) is 10.5. The van der Waals surface area contributed by atoms with Gasteiger partial charge in [-0.05, 0) is 23.7 Å². The molecule has 0 aliphatic carbocycles. The number of hydrogen-bond donors (Lipinski definition) is 0. The van der Waals surface area contributed by atoms with Gasteiger partial charge in [-0.25, -0.2) is 0 Å². The van der Waals surface area contributed by atoms with Crippen LogP contribution in [0.2, 0.25) is 0 Å². The van der Waals surface area contributed by atoms with E-state index in [-0.39, 0.29) is 5.76 Å². The molecule has 0 spiro atoms. The molecule has 1 aromatic rings. The molecule has 0 aliphatic rings. The monoisotopic (exact) mass is 264 g/mol. The molecule has 0 bridgehead atoms. The predicted molar refractivity (Wildman–Crippen MR) is 49.5 cm³/mol. The van der Waals surface area contributed by atoms with E-state index >= 15 is 0 Å². The quantitative estimate of drug-likeness (QED) is 0.731. The second-order valence-corrected chi connectivity index (χ2v) is 5.64. The van der Waals surface area contributed by atoms with Crippen LogP contribution in [0.25, 0.3) is 0 Å². The van der Waals surface area contributed by atoms with Gasteiger partial charge in [-0.15, -0.1) is 0 Å². The highest BCUT2D eigenvalue weighted by Crippen LogP contribution is 2.02. The maximum atomic E-state index is 10.2. The molecule has 74 valence electrons. The zero-order valence-corrected chi connectivity index (χ0v) is 8.99. The van der Waals surface area contributed by atoms with Crippen molar-refractivity contribution in [1.29, 1.82) is 0 Å². The van der Waals surface area contributed by atoms with Crippen LogP contribution in [-0.4, -0.2) is 13.7 Å². The third kappa shape index (κ3) is 9.69. The zero-order valence-electron chi connectivity index (χ0n) is 5.91. The van der Waals surface area contributed by atoms with Crippen LogP contribution in [-0.2, 0) is 8.26 Å². The predicted octanol–water partition coefficient (Wildman–Crippen LogP) is 2.37. The Labute approximate surface area is 88.3 Å². The minimum Gasteiger partial charge on any atom is -0.460 e. The molecule has 0 aromatic carbocycles. The van der Waals surface area contributed by atoms with E-state index < -0.39 is 13.5 Å². The molecule has 4 nitrogen and oxygen atoms in total. The lowest BCUT2D eigenvalue weighted by molar-refractivity contribution is 0.105. The summed E-state index contributed by atoms with van der Waals surface area (Å²) in [5.41, 5.74) is 0. The summed E-state index contributed by atoms with van der Waals surface area (Å²) < 4.78 is 22.9. The summed E-state index contributed by atoms with van der Waals surface area (Å²) in [7, 11) is 4.81. The van der Waals surface area contributed by atoms with Gasteiger partial charge in [0.05, 0.1) is 6.26 Å². The van der Waals surface area contributed by atoms with Crippen LogP contribution in [0, 0.1) is 0 Å². The lowest BCUT2D eigenvalue weighted by atomic mass is 10.5. The molecule has 0 fully saturated rings. The fraction of sp³-hybridized carbons (Fsp3) is 0. The van der Waals surface area contributed by atoms with Crippen molar-refractivity contribution >= 4 is 46.5 Å². The maximum Gasteiger partial charge on any atom is 0.317 e. The number of halogens is 3. The summed E-state index contributed by atoms with van der Waals surface area (Å²) in [6.45, 7) is 0. The number of furan rings is 1. The lowest BCUT2D eigenvalue weighted by Crippen LogP contribution is -1.80. The molecule has 0 amide bonds. The molecule has 0 N–H and O–H groups in total. The van der Waals surface area contributed by atoms with Crippen LogP contribution >= 0.6 is 33.0 Å². The van der Waals surface area contributed by atoms with E-state index in [2.05, 4.69) is 25.8 Å². The molecule has 0 atom stereocenters. The first kappa shape index (κ1) is 12.8. The van der Waals surface area contributed by atoms with Crippen molar-refractivity contribution in [3.05, 3.63) is 24.2 Å². The van der Waals surface area contributed by atoms with Crippen molar-refractivity contribution < 1.29 is 17.6 Å². The number of hydrogen-bond acceptors (Lipinski definition) is 4. The SMILES string of the molecule is O=C(Cl)c1ccco1.O=S(=O)(Cl)Cl. The molecular formula is C5H3Cl3O4S. The Morgan fingerprint density at radius 2 is 1.85 bits per heavy atom. The van der Waals surface area contributed by atoms with E-state index in [4.69, 9.17) is 20.0 Å². The Hall–Kier alpha value is -0.230. The van der Waals surface area contributed by atoms with Gasteiger partial charge in [-0.3, -0.25) is 4.79 Å². The van der Waals surface area contributed by atoms with Crippen LogP contribution in [0.15, 0.2) is 22.8 Å². The van der Waals surface area contributed by atoms with Gasteiger partial charge in [0.25, 0.3) is 5.24 Å².